The molecule has 0 aliphatic rings. The lowest BCUT2D eigenvalue weighted by Gasteiger charge is -2.11. The third kappa shape index (κ3) is 2.33. The second kappa shape index (κ2) is 4.99. The molecule has 2 aromatic rings. The highest BCUT2D eigenvalue weighted by molar-refractivity contribution is 5.12. The molecule has 1 unspecified atom stereocenters. The van der Waals surface area contributed by atoms with Gasteiger partial charge >= 0.3 is 0 Å². The van der Waals surface area contributed by atoms with Crippen molar-refractivity contribution < 1.29 is 4.42 Å². The maximum absolute atomic E-state index is 5.40. The Morgan fingerprint density at radius 1 is 1.56 bits per heavy atom. The van der Waals surface area contributed by atoms with Crippen molar-refractivity contribution in [3.05, 3.63) is 42.1 Å². The highest BCUT2D eigenvalue weighted by atomic mass is 16.3. The Labute approximate surface area is 95.3 Å². The lowest BCUT2D eigenvalue weighted by molar-refractivity contribution is 0.429. The normalized spacial score (nSPS) is 12.9. The average molecular weight is 219 g/mol. The average Bonchev–Trinajstić information content (AvgIpc) is 2.96. The monoisotopic (exact) mass is 219 g/mol. The maximum Gasteiger partial charge on any atom is 0.121 e. The van der Waals surface area contributed by atoms with Crippen LogP contribution in [0, 0.1) is 0 Å². The first kappa shape index (κ1) is 11.0. The second-order valence-corrected chi connectivity index (χ2v) is 3.77. The van der Waals surface area contributed by atoms with Crippen LogP contribution in [0.1, 0.15) is 24.3 Å². The molecule has 2 heterocycles. The number of nitrogens with zero attached hydrogens (tertiary/aromatic N) is 2. The summed E-state index contributed by atoms with van der Waals surface area (Å²) in [4.78, 5) is 0. The number of hydrogen-bond donors (Lipinski definition) is 1. The van der Waals surface area contributed by atoms with Gasteiger partial charge in [0.2, 0.25) is 0 Å². The number of hydrogen-bond acceptors (Lipinski definition) is 3. The zero-order chi connectivity index (χ0) is 11.4. The smallest absolute Gasteiger partial charge is 0.121 e. The summed E-state index contributed by atoms with van der Waals surface area (Å²) in [5.41, 5.74) is 1.22. The van der Waals surface area contributed by atoms with Crippen molar-refractivity contribution in [2.75, 3.05) is 7.05 Å². The SMILES string of the molecule is CCn1cc(CC(NC)c2ccco2)cn1. The highest BCUT2D eigenvalue weighted by Crippen LogP contribution is 2.18. The standard InChI is InChI=1S/C12H17N3O/c1-3-15-9-10(8-14-15)7-11(13-2)12-5-4-6-16-12/h4-6,8-9,11,13H,3,7H2,1-2H3. The summed E-state index contributed by atoms with van der Waals surface area (Å²) >= 11 is 0. The molecule has 1 N–H and O–H groups in total. The van der Waals surface area contributed by atoms with Crippen molar-refractivity contribution in [2.45, 2.75) is 25.9 Å². The Kier molecular flexibility index (Phi) is 3.41. The van der Waals surface area contributed by atoms with Gasteiger partial charge in [-0.25, -0.2) is 0 Å². The molecule has 0 bridgehead atoms. The van der Waals surface area contributed by atoms with Crippen LogP contribution >= 0.6 is 0 Å². The van der Waals surface area contributed by atoms with E-state index in [2.05, 4.69) is 23.5 Å². The fourth-order valence-electron chi connectivity index (χ4n) is 1.75. The van der Waals surface area contributed by atoms with E-state index in [0.29, 0.717) is 0 Å². The van der Waals surface area contributed by atoms with Gasteiger partial charge in [0.1, 0.15) is 5.76 Å². The zero-order valence-corrected chi connectivity index (χ0v) is 9.68. The van der Waals surface area contributed by atoms with Gasteiger partial charge < -0.3 is 9.73 Å². The number of rotatable bonds is 5. The first-order chi connectivity index (χ1) is 7.83. The molecule has 0 amide bonds. The summed E-state index contributed by atoms with van der Waals surface area (Å²) in [7, 11) is 1.94. The van der Waals surface area contributed by atoms with E-state index in [9.17, 15) is 0 Å². The lowest BCUT2D eigenvalue weighted by atomic mass is 10.1. The third-order valence-electron chi connectivity index (χ3n) is 2.69. The van der Waals surface area contributed by atoms with Gasteiger partial charge in [-0.2, -0.15) is 5.10 Å². The molecule has 4 nitrogen and oxygen atoms in total. The topological polar surface area (TPSA) is 43.0 Å². The van der Waals surface area contributed by atoms with E-state index in [4.69, 9.17) is 4.42 Å². The summed E-state index contributed by atoms with van der Waals surface area (Å²) in [5, 5.41) is 7.51. The van der Waals surface area contributed by atoms with E-state index in [1.807, 2.05) is 30.1 Å². The molecule has 0 fully saturated rings. The summed E-state index contributed by atoms with van der Waals surface area (Å²) in [6, 6.07) is 4.12. The van der Waals surface area contributed by atoms with E-state index < -0.39 is 0 Å². The molecule has 0 aromatic carbocycles. The fourth-order valence-corrected chi connectivity index (χ4v) is 1.75. The lowest BCUT2D eigenvalue weighted by Crippen LogP contribution is -2.17. The van der Waals surface area contributed by atoms with Crippen LogP contribution in [0.15, 0.2) is 35.2 Å². The Morgan fingerprint density at radius 3 is 3.00 bits per heavy atom. The van der Waals surface area contributed by atoms with Crippen LogP contribution in [-0.2, 0) is 13.0 Å². The van der Waals surface area contributed by atoms with Gasteiger partial charge in [-0.05, 0) is 38.1 Å². The molecular weight excluding hydrogens is 202 g/mol. The van der Waals surface area contributed by atoms with Gasteiger partial charge in [-0.3, -0.25) is 4.68 Å². The summed E-state index contributed by atoms with van der Waals surface area (Å²) in [6.45, 7) is 2.99. The van der Waals surface area contributed by atoms with Gasteiger partial charge in [0.15, 0.2) is 0 Å². The van der Waals surface area contributed by atoms with Crippen LogP contribution in [0.4, 0.5) is 0 Å². The quantitative estimate of drug-likeness (QED) is 0.836. The highest BCUT2D eigenvalue weighted by Gasteiger charge is 2.13. The molecule has 86 valence electrons. The number of nitrogens with one attached hydrogen (secondary N) is 1. The van der Waals surface area contributed by atoms with E-state index in [-0.39, 0.29) is 6.04 Å². The summed E-state index contributed by atoms with van der Waals surface area (Å²) < 4.78 is 7.34. The van der Waals surface area contributed by atoms with Crippen LogP contribution in [0.5, 0.6) is 0 Å². The first-order valence-corrected chi connectivity index (χ1v) is 5.55. The molecule has 0 radical (unpaired) electrons. The van der Waals surface area contributed by atoms with Crippen LogP contribution < -0.4 is 5.32 Å². The Balaban J connectivity index is 2.07. The third-order valence-corrected chi connectivity index (χ3v) is 2.69. The number of aryl methyl sites for hydroxylation is 1. The van der Waals surface area contributed by atoms with Crippen LogP contribution in [0.3, 0.4) is 0 Å². The molecule has 2 aromatic heterocycles. The van der Waals surface area contributed by atoms with Crippen molar-refractivity contribution in [1.82, 2.24) is 15.1 Å². The molecule has 0 saturated carbocycles. The molecule has 2 rings (SSSR count). The number of furan rings is 1. The summed E-state index contributed by atoms with van der Waals surface area (Å²) in [6.07, 6.45) is 6.59. The van der Waals surface area contributed by atoms with Crippen molar-refractivity contribution in [3.63, 3.8) is 0 Å². The van der Waals surface area contributed by atoms with Crippen LogP contribution in [0.2, 0.25) is 0 Å². The minimum atomic E-state index is 0.213. The summed E-state index contributed by atoms with van der Waals surface area (Å²) in [5.74, 6) is 0.965. The molecular formula is C12H17N3O. The van der Waals surface area contributed by atoms with Gasteiger partial charge in [0.05, 0.1) is 18.5 Å². The van der Waals surface area contributed by atoms with Crippen molar-refractivity contribution in [3.8, 4) is 0 Å². The first-order valence-electron chi connectivity index (χ1n) is 5.55. The van der Waals surface area contributed by atoms with Crippen molar-refractivity contribution in [2.24, 2.45) is 0 Å². The molecule has 16 heavy (non-hydrogen) atoms. The molecule has 0 aliphatic carbocycles. The molecule has 4 heteroatoms. The van der Waals surface area contributed by atoms with Crippen LogP contribution in [0.25, 0.3) is 0 Å². The van der Waals surface area contributed by atoms with E-state index in [1.165, 1.54) is 5.56 Å². The van der Waals surface area contributed by atoms with Gasteiger partial charge in [-0.1, -0.05) is 0 Å². The Hall–Kier alpha value is -1.55. The van der Waals surface area contributed by atoms with Gasteiger partial charge in [0.25, 0.3) is 0 Å². The van der Waals surface area contributed by atoms with Gasteiger partial charge in [0, 0.05) is 12.7 Å². The largest absolute Gasteiger partial charge is 0.468 e. The minimum Gasteiger partial charge on any atom is -0.468 e. The molecule has 0 spiro atoms. The van der Waals surface area contributed by atoms with Crippen LogP contribution in [-0.4, -0.2) is 16.8 Å². The molecule has 0 saturated heterocycles. The van der Waals surface area contributed by atoms with Crippen molar-refractivity contribution >= 4 is 0 Å². The van der Waals surface area contributed by atoms with Crippen molar-refractivity contribution in [1.29, 1.82) is 0 Å². The molecule has 0 aliphatic heterocycles. The maximum atomic E-state index is 5.40. The van der Waals surface area contributed by atoms with E-state index in [1.54, 1.807) is 6.26 Å². The molecule has 1 atom stereocenters. The number of likely N-dealkylation sites (N-methyl/N-ethyl adjacent to an activating group) is 1. The Bertz CT molecular complexity index is 419. The van der Waals surface area contributed by atoms with E-state index >= 15 is 0 Å². The Morgan fingerprint density at radius 2 is 2.44 bits per heavy atom. The predicted octanol–water partition coefficient (Wildman–Crippen LogP) is 2.00. The second-order valence-electron chi connectivity index (χ2n) is 3.77. The zero-order valence-electron chi connectivity index (χ0n) is 9.68. The minimum absolute atomic E-state index is 0.213. The van der Waals surface area contributed by atoms with E-state index in [0.717, 1.165) is 18.7 Å². The predicted molar refractivity (Wildman–Crippen MR) is 62.1 cm³/mol. The fraction of sp³-hybridized carbons (Fsp3) is 0.417. The van der Waals surface area contributed by atoms with Gasteiger partial charge in [-0.15, -0.1) is 0 Å². The number of aromatic nitrogens is 2.